The predicted octanol–water partition coefficient (Wildman–Crippen LogP) is 8.76. The number of benzene rings is 5. The van der Waals surface area contributed by atoms with Crippen LogP contribution in [0.15, 0.2) is 121 Å². The Bertz CT molecular complexity index is 1430. The molecule has 0 amide bonds. The largest absolute Gasteiger partial charge is 0.496 e. The van der Waals surface area contributed by atoms with Crippen LogP contribution in [-0.4, -0.2) is 7.11 Å². The summed E-state index contributed by atoms with van der Waals surface area (Å²) < 4.78 is 18.2. The van der Waals surface area contributed by atoms with E-state index >= 15 is 0 Å². The minimum Gasteiger partial charge on any atom is -0.496 e. The highest BCUT2D eigenvalue weighted by Crippen LogP contribution is 2.50. The van der Waals surface area contributed by atoms with Crippen LogP contribution in [-0.2, 0) is 5.11 Å². The highest BCUT2D eigenvalue weighted by Gasteiger charge is 2.24. The Morgan fingerprint density at radius 1 is 0.457 bits per heavy atom. The number of methoxy groups -OCH3 is 1. The Labute approximate surface area is 204 Å². The Kier molecular flexibility index (Phi) is 6.35. The molecule has 0 heterocycles. The van der Waals surface area contributed by atoms with Gasteiger partial charge in [-0.1, -0.05) is 72.8 Å². The van der Waals surface area contributed by atoms with Crippen LogP contribution in [0.25, 0.3) is 22.3 Å². The summed E-state index contributed by atoms with van der Waals surface area (Å²) in [7, 11) is 1.60. The smallest absolute Gasteiger partial charge is 0.187 e. The number of rotatable bonds is 7. The molecule has 0 N–H and O–H groups in total. The normalized spacial score (nSPS) is 10.5. The highest BCUT2D eigenvalue weighted by molar-refractivity contribution is 5.95. The van der Waals surface area contributed by atoms with Gasteiger partial charge in [0.25, 0.3) is 0 Å². The predicted molar refractivity (Wildman–Crippen MR) is 137 cm³/mol. The average Bonchev–Trinajstić information content (AvgIpc) is 2.91. The van der Waals surface area contributed by atoms with E-state index < -0.39 is 0 Å². The minimum absolute atomic E-state index is 0.139. The fraction of sp³-hybridized carbons (Fsp3) is 0.0323. The zero-order valence-electron chi connectivity index (χ0n) is 19.2. The molecule has 35 heavy (non-hydrogen) atoms. The van der Waals surface area contributed by atoms with E-state index in [-0.39, 0.29) is 5.75 Å². The summed E-state index contributed by atoms with van der Waals surface area (Å²) in [6.07, 6.45) is 0. The second kappa shape index (κ2) is 10.1. The van der Waals surface area contributed by atoms with Gasteiger partial charge in [-0.15, -0.1) is 0 Å². The molecule has 0 spiro atoms. The molecule has 1 radical (unpaired) electrons. The number of hydrogen-bond donors (Lipinski definition) is 0. The summed E-state index contributed by atoms with van der Waals surface area (Å²) in [5.74, 6) is 3.01. The standard InChI is InChI=1S/C31H23O4/c1-33-29-21-20-26(32)30(24-16-8-10-18-27(24)34-22-12-4-2-5-13-22)31(29)25-17-9-11-19-28(25)35-23-14-6-3-7-15-23/h2-21H,1H3. The molecule has 0 aliphatic carbocycles. The van der Waals surface area contributed by atoms with Gasteiger partial charge in [0.2, 0.25) is 0 Å². The second-order valence-corrected chi connectivity index (χ2v) is 7.84. The van der Waals surface area contributed by atoms with Gasteiger partial charge >= 0.3 is 0 Å². The van der Waals surface area contributed by atoms with E-state index in [1.807, 2.05) is 109 Å². The summed E-state index contributed by atoms with van der Waals surface area (Å²) >= 11 is 0. The van der Waals surface area contributed by atoms with Crippen LogP contribution in [0, 0.1) is 0 Å². The topological polar surface area (TPSA) is 47.6 Å². The average molecular weight is 460 g/mol. The molecule has 5 aromatic rings. The zero-order valence-corrected chi connectivity index (χ0v) is 19.2. The monoisotopic (exact) mass is 459 g/mol. The quantitative estimate of drug-likeness (QED) is 0.244. The Morgan fingerprint density at radius 3 is 1.43 bits per heavy atom. The molecule has 0 aliphatic rings. The van der Waals surface area contributed by atoms with Gasteiger partial charge < -0.3 is 14.2 Å². The van der Waals surface area contributed by atoms with Crippen molar-refractivity contribution in [3.8, 4) is 56.8 Å². The van der Waals surface area contributed by atoms with Crippen LogP contribution in [0.3, 0.4) is 0 Å². The summed E-state index contributed by atoms with van der Waals surface area (Å²) in [6, 6.07) is 37.4. The molecular weight excluding hydrogens is 436 g/mol. The molecule has 0 unspecified atom stereocenters. The third kappa shape index (κ3) is 4.68. The van der Waals surface area contributed by atoms with E-state index in [2.05, 4.69) is 0 Å². The molecule has 0 aromatic heterocycles. The maximum atomic E-state index is 13.4. The van der Waals surface area contributed by atoms with Crippen molar-refractivity contribution in [2.75, 3.05) is 7.11 Å². The summed E-state index contributed by atoms with van der Waals surface area (Å²) in [4.78, 5) is 0. The van der Waals surface area contributed by atoms with E-state index in [0.717, 1.165) is 5.56 Å². The van der Waals surface area contributed by atoms with Crippen LogP contribution in [0.2, 0.25) is 0 Å². The van der Waals surface area contributed by atoms with Crippen molar-refractivity contribution >= 4 is 0 Å². The fourth-order valence-corrected chi connectivity index (χ4v) is 4.02. The molecule has 0 bridgehead atoms. The molecule has 0 aliphatic heterocycles. The SMILES string of the molecule is COc1ccc([O])c(-c2ccccc2Oc2ccccc2)c1-c1ccccc1Oc1ccccc1. The lowest BCUT2D eigenvalue weighted by Crippen LogP contribution is -1.96. The van der Waals surface area contributed by atoms with Crippen molar-refractivity contribution < 1.29 is 19.3 Å². The van der Waals surface area contributed by atoms with Crippen LogP contribution < -0.4 is 14.2 Å². The molecule has 4 nitrogen and oxygen atoms in total. The van der Waals surface area contributed by atoms with Gasteiger partial charge in [0.05, 0.1) is 7.11 Å². The fourth-order valence-electron chi connectivity index (χ4n) is 4.02. The molecule has 171 valence electrons. The molecule has 5 aromatic carbocycles. The zero-order chi connectivity index (χ0) is 24.0. The molecule has 0 saturated heterocycles. The molecular formula is C31H23O4. The van der Waals surface area contributed by atoms with Crippen molar-refractivity contribution in [3.63, 3.8) is 0 Å². The summed E-state index contributed by atoms with van der Waals surface area (Å²) in [5.41, 5.74) is 2.55. The van der Waals surface area contributed by atoms with Gasteiger partial charge in [-0.25, -0.2) is 0 Å². The van der Waals surface area contributed by atoms with E-state index in [1.54, 1.807) is 13.2 Å². The lowest BCUT2D eigenvalue weighted by Gasteiger charge is -2.19. The lowest BCUT2D eigenvalue weighted by atomic mass is 9.91. The van der Waals surface area contributed by atoms with Gasteiger partial charge in [-0.2, -0.15) is 0 Å². The van der Waals surface area contributed by atoms with Crippen molar-refractivity contribution in [1.82, 2.24) is 0 Å². The Morgan fingerprint density at radius 2 is 0.914 bits per heavy atom. The van der Waals surface area contributed by atoms with Crippen LogP contribution >= 0.6 is 0 Å². The third-order valence-electron chi connectivity index (χ3n) is 5.60. The molecule has 0 saturated carbocycles. The highest BCUT2D eigenvalue weighted by atomic mass is 16.5. The molecule has 0 atom stereocenters. The number of para-hydroxylation sites is 4. The van der Waals surface area contributed by atoms with Crippen LogP contribution in [0.5, 0.6) is 34.5 Å². The van der Waals surface area contributed by atoms with Gasteiger partial charge in [0, 0.05) is 22.3 Å². The van der Waals surface area contributed by atoms with Gasteiger partial charge in [-0.05, 0) is 48.5 Å². The minimum atomic E-state index is -0.139. The third-order valence-corrected chi connectivity index (χ3v) is 5.60. The first-order valence-corrected chi connectivity index (χ1v) is 11.3. The number of ether oxygens (including phenoxy) is 3. The molecule has 0 fully saturated rings. The van der Waals surface area contributed by atoms with E-state index in [0.29, 0.717) is 45.4 Å². The van der Waals surface area contributed by atoms with Crippen molar-refractivity contribution in [2.24, 2.45) is 0 Å². The first-order chi connectivity index (χ1) is 17.2. The van der Waals surface area contributed by atoms with Crippen molar-refractivity contribution in [3.05, 3.63) is 121 Å². The maximum Gasteiger partial charge on any atom is 0.187 e. The van der Waals surface area contributed by atoms with Crippen molar-refractivity contribution in [2.45, 2.75) is 0 Å². The van der Waals surface area contributed by atoms with Crippen LogP contribution in [0.1, 0.15) is 0 Å². The van der Waals surface area contributed by atoms with E-state index in [9.17, 15) is 5.11 Å². The van der Waals surface area contributed by atoms with Gasteiger partial charge in [0.1, 0.15) is 28.7 Å². The van der Waals surface area contributed by atoms with Crippen LogP contribution in [0.4, 0.5) is 0 Å². The van der Waals surface area contributed by atoms with Crippen molar-refractivity contribution in [1.29, 1.82) is 0 Å². The summed E-state index contributed by atoms with van der Waals surface area (Å²) in [5, 5.41) is 13.4. The first kappa shape index (κ1) is 22.1. The van der Waals surface area contributed by atoms with E-state index in [1.165, 1.54) is 6.07 Å². The molecule has 4 heteroatoms. The van der Waals surface area contributed by atoms with E-state index in [4.69, 9.17) is 14.2 Å². The van der Waals surface area contributed by atoms with Gasteiger partial charge in [-0.3, -0.25) is 5.11 Å². The lowest BCUT2D eigenvalue weighted by molar-refractivity contribution is 0.354. The Hall–Kier alpha value is -4.70. The first-order valence-electron chi connectivity index (χ1n) is 11.3. The van der Waals surface area contributed by atoms with Gasteiger partial charge in [0.15, 0.2) is 5.75 Å². The Balaban J connectivity index is 1.70. The summed E-state index contributed by atoms with van der Waals surface area (Å²) in [6.45, 7) is 0. The maximum absolute atomic E-state index is 13.4. The second-order valence-electron chi connectivity index (χ2n) is 7.84. The molecule has 5 rings (SSSR count). The number of hydrogen-bond acceptors (Lipinski definition) is 3.